The van der Waals surface area contributed by atoms with E-state index in [-0.39, 0.29) is 29.5 Å². The Morgan fingerprint density at radius 2 is 1.88 bits per heavy atom. The van der Waals surface area contributed by atoms with Crippen LogP contribution < -0.4 is 0 Å². The van der Waals surface area contributed by atoms with Gasteiger partial charge in [0.25, 0.3) is 0 Å². The number of unbranched alkanes of at least 4 members (excludes halogenated alkanes) is 5. The van der Waals surface area contributed by atoms with E-state index in [1.54, 1.807) is 7.11 Å². The van der Waals surface area contributed by atoms with E-state index in [9.17, 15) is 4.79 Å². The van der Waals surface area contributed by atoms with Crippen LogP contribution in [0.3, 0.4) is 0 Å². The summed E-state index contributed by atoms with van der Waals surface area (Å²) in [6.45, 7) is 4.47. The molecule has 0 aromatic carbocycles. The Morgan fingerprint density at radius 1 is 1.17 bits per heavy atom. The van der Waals surface area contributed by atoms with Crippen LogP contribution >= 0.6 is 0 Å². The Bertz CT molecular complexity index is 439. The topological polar surface area (TPSA) is 59.3 Å². The fraction of sp³-hybridized carbons (Fsp3) is 0.800. The standard InChI is InChI=1S/C20H33NO3/c1-4-5-6-7-8-9-12-24-19-11-10-17(14-20(19)23-3)13-18(15-21)16(2)22/h13,17,19-20H,4-12,14H2,1-3H3. The summed E-state index contributed by atoms with van der Waals surface area (Å²) in [5, 5.41) is 9.03. The second kappa shape index (κ2) is 12.2. The van der Waals surface area contributed by atoms with Crippen molar-refractivity contribution in [2.24, 2.45) is 5.92 Å². The van der Waals surface area contributed by atoms with E-state index in [1.165, 1.54) is 39.0 Å². The first-order valence-electron chi connectivity index (χ1n) is 9.39. The quantitative estimate of drug-likeness (QED) is 0.315. The van der Waals surface area contributed by atoms with Gasteiger partial charge in [-0.2, -0.15) is 5.26 Å². The van der Waals surface area contributed by atoms with Crippen LogP contribution in [0.2, 0.25) is 0 Å². The van der Waals surface area contributed by atoms with Gasteiger partial charge in [-0.05, 0) is 38.5 Å². The van der Waals surface area contributed by atoms with Crippen molar-refractivity contribution in [1.82, 2.24) is 0 Å². The zero-order valence-electron chi connectivity index (χ0n) is 15.6. The first kappa shape index (κ1) is 20.9. The Morgan fingerprint density at radius 3 is 2.50 bits per heavy atom. The molecule has 1 saturated carbocycles. The van der Waals surface area contributed by atoms with E-state index < -0.39 is 0 Å². The Hall–Kier alpha value is -1.18. The van der Waals surface area contributed by atoms with Crippen molar-refractivity contribution in [3.63, 3.8) is 0 Å². The van der Waals surface area contributed by atoms with Gasteiger partial charge in [-0.1, -0.05) is 45.1 Å². The van der Waals surface area contributed by atoms with Gasteiger partial charge in [-0.3, -0.25) is 4.79 Å². The highest BCUT2D eigenvalue weighted by atomic mass is 16.5. The van der Waals surface area contributed by atoms with Gasteiger partial charge >= 0.3 is 0 Å². The lowest BCUT2D eigenvalue weighted by atomic mass is 9.84. The highest BCUT2D eigenvalue weighted by molar-refractivity contribution is 5.97. The molecule has 4 heteroatoms. The molecule has 0 saturated heterocycles. The number of methoxy groups -OCH3 is 1. The zero-order chi connectivity index (χ0) is 17.8. The number of ketones is 1. The molecule has 0 heterocycles. The number of nitrogens with zero attached hydrogens (tertiary/aromatic N) is 1. The smallest absolute Gasteiger partial charge is 0.169 e. The van der Waals surface area contributed by atoms with Crippen LogP contribution in [-0.2, 0) is 14.3 Å². The molecule has 136 valence electrons. The SMILES string of the molecule is CCCCCCCCOC1CCC(C=C(C#N)C(C)=O)CC1OC. The number of hydrogen-bond donors (Lipinski definition) is 0. The summed E-state index contributed by atoms with van der Waals surface area (Å²) in [6, 6.07) is 2.00. The Labute approximate surface area is 147 Å². The number of nitriles is 1. The largest absolute Gasteiger partial charge is 0.379 e. The second-order valence-electron chi connectivity index (χ2n) is 6.77. The number of carbonyl (C=O) groups is 1. The fourth-order valence-corrected chi connectivity index (χ4v) is 3.31. The summed E-state index contributed by atoms with van der Waals surface area (Å²) in [5.74, 6) is 0.0651. The van der Waals surface area contributed by atoms with Crippen LogP contribution in [-0.4, -0.2) is 31.7 Å². The van der Waals surface area contributed by atoms with Crippen molar-refractivity contribution in [2.45, 2.75) is 83.8 Å². The molecule has 0 N–H and O–H groups in total. The van der Waals surface area contributed by atoms with Gasteiger partial charge in [0, 0.05) is 13.7 Å². The third-order valence-electron chi connectivity index (χ3n) is 4.81. The van der Waals surface area contributed by atoms with Crippen LogP contribution in [0.5, 0.6) is 0 Å². The van der Waals surface area contributed by atoms with E-state index in [2.05, 4.69) is 6.92 Å². The van der Waals surface area contributed by atoms with Gasteiger partial charge in [0.1, 0.15) is 6.07 Å². The number of Topliss-reactive ketones (excluding diaryl/α,β-unsaturated/α-hetero) is 1. The minimum atomic E-state index is -0.159. The Kier molecular flexibility index (Phi) is 10.6. The molecule has 1 rings (SSSR count). The first-order chi connectivity index (χ1) is 11.6. The maximum atomic E-state index is 11.4. The number of allylic oxidation sites excluding steroid dienone is 2. The van der Waals surface area contributed by atoms with E-state index in [1.807, 2.05) is 12.1 Å². The van der Waals surface area contributed by atoms with Gasteiger partial charge in [-0.25, -0.2) is 0 Å². The van der Waals surface area contributed by atoms with Gasteiger partial charge in [0.05, 0.1) is 17.8 Å². The van der Waals surface area contributed by atoms with E-state index in [0.717, 1.165) is 32.3 Å². The second-order valence-corrected chi connectivity index (χ2v) is 6.77. The molecule has 24 heavy (non-hydrogen) atoms. The number of hydrogen-bond acceptors (Lipinski definition) is 4. The highest BCUT2D eigenvalue weighted by Crippen LogP contribution is 2.30. The van der Waals surface area contributed by atoms with Crippen LogP contribution in [0.25, 0.3) is 0 Å². The fourth-order valence-electron chi connectivity index (χ4n) is 3.31. The number of rotatable bonds is 11. The molecule has 1 aliphatic carbocycles. The van der Waals surface area contributed by atoms with Crippen molar-refractivity contribution in [1.29, 1.82) is 5.26 Å². The molecule has 4 nitrogen and oxygen atoms in total. The summed E-state index contributed by atoms with van der Waals surface area (Å²) in [6.07, 6.45) is 12.3. The minimum absolute atomic E-state index is 0.0481. The molecule has 0 bridgehead atoms. The van der Waals surface area contributed by atoms with Crippen molar-refractivity contribution >= 4 is 5.78 Å². The molecule has 3 atom stereocenters. The molecule has 1 fully saturated rings. The number of carbonyl (C=O) groups excluding carboxylic acids is 1. The normalized spacial score (nSPS) is 24.6. The molecule has 0 radical (unpaired) electrons. The lowest BCUT2D eigenvalue weighted by Crippen LogP contribution is -2.37. The van der Waals surface area contributed by atoms with Crippen LogP contribution in [0.15, 0.2) is 11.6 Å². The predicted molar refractivity (Wildman–Crippen MR) is 95.6 cm³/mol. The summed E-state index contributed by atoms with van der Waals surface area (Å²) < 4.78 is 11.6. The lowest BCUT2D eigenvalue weighted by Gasteiger charge is -2.34. The Balaban J connectivity index is 2.35. The predicted octanol–water partition coefficient (Wildman–Crippen LogP) is 4.59. The van der Waals surface area contributed by atoms with E-state index in [4.69, 9.17) is 14.7 Å². The molecular weight excluding hydrogens is 302 g/mol. The van der Waals surface area contributed by atoms with Crippen molar-refractivity contribution in [3.05, 3.63) is 11.6 Å². The minimum Gasteiger partial charge on any atom is -0.379 e. The van der Waals surface area contributed by atoms with Gasteiger partial charge in [0.15, 0.2) is 5.78 Å². The summed E-state index contributed by atoms with van der Waals surface area (Å²) in [4.78, 5) is 11.4. The van der Waals surface area contributed by atoms with Gasteiger partial charge in [0.2, 0.25) is 0 Å². The van der Waals surface area contributed by atoms with Crippen molar-refractivity contribution in [2.75, 3.05) is 13.7 Å². The van der Waals surface area contributed by atoms with Gasteiger partial charge in [-0.15, -0.1) is 0 Å². The molecule has 0 amide bonds. The van der Waals surface area contributed by atoms with Crippen molar-refractivity contribution in [3.8, 4) is 6.07 Å². The van der Waals surface area contributed by atoms with Crippen LogP contribution in [0, 0.1) is 17.2 Å². The van der Waals surface area contributed by atoms with Crippen molar-refractivity contribution < 1.29 is 14.3 Å². The third-order valence-corrected chi connectivity index (χ3v) is 4.81. The lowest BCUT2D eigenvalue weighted by molar-refractivity contribution is -0.113. The third kappa shape index (κ3) is 7.59. The zero-order valence-corrected chi connectivity index (χ0v) is 15.6. The molecule has 0 aliphatic heterocycles. The average molecular weight is 335 g/mol. The van der Waals surface area contributed by atoms with Crippen LogP contribution in [0.1, 0.15) is 71.6 Å². The van der Waals surface area contributed by atoms with Crippen LogP contribution in [0.4, 0.5) is 0 Å². The maximum absolute atomic E-state index is 11.4. The molecule has 1 aliphatic rings. The summed E-state index contributed by atoms with van der Waals surface area (Å²) >= 11 is 0. The molecule has 0 aromatic heterocycles. The van der Waals surface area contributed by atoms with E-state index >= 15 is 0 Å². The number of ether oxygens (including phenoxy) is 2. The summed E-state index contributed by atoms with van der Waals surface area (Å²) in [5.41, 5.74) is 0.265. The molecular formula is C20H33NO3. The average Bonchev–Trinajstić information content (AvgIpc) is 2.59. The molecule has 0 aromatic rings. The molecule has 3 unspecified atom stereocenters. The first-order valence-corrected chi connectivity index (χ1v) is 9.39. The maximum Gasteiger partial charge on any atom is 0.169 e. The summed E-state index contributed by atoms with van der Waals surface area (Å²) in [7, 11) is 1.72. The molecule has 0 spiro atoms. The van der Waals surface area contributed by atoms with Gasteiger partial charge < -0.3 is 9.47 Å². The highest BCUT2D eigenvalue weighted by Gasteiger charge is 2.30. The van der Waals surface area contributed by atoms with E-state index in [0.29, 0.717) is 0 Å². The monoisotopic (exact) mass is 335 g/mol.